The summed E-state index contributed by atoms with van der Waals surface area (Å²) in [5.41, 5.74) is 0. The van der Waals surface area contributed by atoms with E-state index in [0.29, 0.717) is 13.2 Å². The average Bonchev–Trinajstić information content (AvgIpc) is 3.04. The Labute approximate surface area is 272 Å². The fourth-order valence-electron chi connectivity index (χ4n) is 5.74. The molecule has 0 aliphatic carbocycles. The maximum absolute atomic E-state index is 13.7. The maximum atomic E-state index is 13.7. The minimum atomic E-state index is -3.06. The van der Waals surface area contributed by atoms with Crippen LogP contribution < -0.4 is 10.4 Å². The van der Waals surface area contributed by atoms with Crippen molar-refractivity contribution in [2.75, 3.05) is 26.4 Å². The molecular formula is C37H58O7Si. The average molecular weight is 643 g/mol. The van der Waals surface area contributed by atoms with Crippen LogP contribution in [0.2, 0.25) is 5.04 Å². The number of rotatable bonds is 24. The molecule has 2 N–H and O–H groups in total. The van der Waals surface area contributed by atoms with Crippen LogP contribution in [0.3, 0.4) is 0 Å². The van der Waals surface area contributed by atoms with E-state index in [1.165, 1.54) is 0 Å². The van der Waals surface area contributed by atoms with Gasteiger partial charge in [0.1, 0.15) is 6.10 Å². The zero-order valence-corrected chi connectivity index (χ0v) is 29.0. The topological polar surface area (TPSA) is 102 Å². The molecule has 0 aliphatic heterocycles. The van der Waals surface area contributed by atoms with Crippen molar-refractivity contribution in [3.05, 3.63) is 60.7 Å². The number of benzene rings is 2. The molecule has 1 unspecified atom stereocenters. The minimum absolute atomic E-state index is 0.0688. The van der Waals surface area contributed by atoms with Gasteiger partial charge in [-0.2, -0.15) is 0 Å². The highest BCUT2D eigenvalue weighted by Gasteiger charge is 2.52. The number of hydrogen-bond donors (Lipinski definition) is 2. The first kappa shape index (κ1) is 38.7. The summed E-state index contributed by atoms with van der Waals surface area (Å²) in [5, 5.41) is 19.7. The lowest BCUT2D eigenvalue weighted by Crippen LogP contribution is -2.68. The highest BCUT2D eigenvalue weighted by molar-refractivity contribution is 6.99. The molecule has 8 heteroatoms. The van der Waals surface area contributed by atoms with Gasteiger partial charge in [-0.25, -0.2) is 4.79 Å². The zero-order chi connectivity index (χ0) is 32.8. The third kappa shape index (κ3) is 13.8. The molecule has 0 aromatic heterocycles. The van der Waals surface area contributed by atoms with Crippen molar-refractivity contribution in [2.24, 2.45) is 0 Å². The Morgan fingerprint density at radius 3 is 1.51 bits per heavy atom. The largest absolute Gasteiger partial charge is 0.466 e. The van der Waals surface area contributed by atoms with E-state index in [0.717, 1.165) is 87.4 Å². The predicted molar refractivity (Wildman–Crippen MR) is 183 cm³/mol. The summed E-state index contributed by atoms with van der Waals surface area (Å²) in [6, 6.07) is 20.3. The van der Waals surface area contributed by atoms with Crippen LogP contribution in [0.25, 0.3) is 0 Å². The predicted octanol–water partition coefficient (Wildman–Crippen LogP) is 6.46. The number of carbonyl (C=O) groups is 2. The standard InChI is InChI=1S/C37H58O7Si/c1-37(2,3)45(32-22-14-12-15-23-32,33-24-16-13-17-25-33)44-34(36(41)43-31-21-11-7-5-9-19-29-39)26-27-35(40)42-30-20-10-6-4-8-18-28-38/h12-17,22-25,34,38-39H,4-11,18-21,26-31H2,1-3H3. The maximum Gasteiger partial charge on any atom is 0.334 e. The Kier molecular flexibility index (Phi) is 19.0. The number of carbonyl (C=O) groups excluding carboxylic acids is 2. The number of esters is 2. The Hall–Kier alpha value is -2.52. The molecule has 2 aromatic carbocycles. The third-order valence-corrected chi connectivity index (χ3v) is 13.3. The van der Waals surface area contributed by atoms with Gasteiger partial charge in [-0.15, -0.1) is 0 Å². The molecule has 0 saturated carbocycles. The quantitative estimate of drug-likeness (QED) is 0.0770. The molecule has 2 rings (SSSR count). The van der Waals surface area contributed by atoms with Gasteiger partial charge in [-0.05, 0) is 47.5 Å². The summed E-state index contributed by atoms with van der Waals surface area (Å²) >= 11 is 0. The van der Waals surface area contributed by atoms with Crippen LogP contribution in [-0.4, -0.2) is 63.0 Å². The van der Waals surface area contributed by atoms with Gasteiger partial charge >= 0.3 is 11.9 Å². The van der Waals surface area contributed by atoms with E-state index >= 15 is 0 Å². The number of aliphatic hydroxyl groups excluding tert-OH is 2. The molecule has 1 atom stereocenters. The fourth-order valence-corrected chi connectivity index (χ4v) is 10.4. The van der Waals surface area contributed by atoms with E-state index in [-0.39, 0.29) is 37.1 Å². The minimum Gasteiger partial charge on any atom is -0.466 e. The van der Waals surface area contributed by atoms with Crippen molar-refractivity contribution < 1.29 is 33.7 Å². The van der Waals surface area contributed by atoms with Crippen molar-refractivity contribution in [1.29, 1.82) is 0 Å². The van der Waals surface area contributed by atoms with Gasteiger partial charge in [0.2, 0.25) is 0 Å². The molecule has 2 aromatic rings. The lowest BCUT2D eigenvalue weighted by molar-refractivity contribution is -0.154. The van der Waals surface area contributed by atoms with E-state index in [1.807, 2.05) is 36.4 Å². The normalized spacial score (nSPS) is 12.6. The summed E-state index contributed by atoms with van der Waals surface area (Å²) in [4.78, 5) is 26.5. The van der Waals surface area contributed by atoms with E-state index in [9.17, 15) is 9.59 Å². The molecular weight excluding hydrogens is 584 g/mol. The van der Waals surface area contributed by atoms with Crippen LogP contribution in [0.15, 0.2) is 60.7 Å². The van der Waals surface area contributed by atoms with Gasteiger partial charge in [-0.3, -0.25) is 4.79 Å². The molecule has 7 nitrogen and oxygen atoms in total. The third-order valence-electron chi connectivity index (χ3n) is 8.22. The molecule has 0 aliphatic rings. The van der Waals surface area contributed by atoms with Crippen molar-refractivity contribution in [3.8, 4) is 0 Å². The molecule has 0 radical (unpaired) electrons. The molecule has 0 bridgehead atoms. The molecule has 45 heavy (non-hydrogen) atoms. The SMILES string of the molecule is CC(C)(C)[Si](OC(CCC(=O)OCCCCCCCCO)C(=O)OCCCCCCCCO)(c1ccccc1)c1ccccc1. The lowest BCUT2D eigenvalue weighted by Gasteiger charge is -2.44. The molecule has 0 fully saturated rings. The molecule has 0 spiro atoms. The van der Waals surface area contributed by atoms with Gasteiger partial charge in [0.05, 0.1) is 13.2 Å². The van der Waals surface area contributed by atoms with Crippen molar-refractivity contribution in [2.45, 2.75) is 122 Å². The molecule has 0 amide bonds. The van der Waals surface area contributed by atoms with Crippen LogP contribution in [0.5, 0.6) is 0 Å². The van der Waals surface area contributed by atoms with Gasteiger partial charge in [0, 0.05) is 19.6 Å². The molecule has 0 heterocycles. The van der Waals surface area contributed by atoms with Crippen molar-refractivity contribution in [1.82, 2.24) is 0 Å². The highest BCUT2D eigenvalue weighted by atomic mass is 28.4. The van der Waals surface area contributed by atoms with Gasteiger partial charge in [0.15, 0.2) is 0 Å². The number of unbranched alkanes of at least 4 members (excludes halogenated alkanes) is 10. The summed E-state index contributed by atoms with van der Waals surface area (Å²) in [5.74, 6) is -0.763. The number of hydrogen-bond acceptors (Lipinski definition) is 7. The van der Waals surface area contributed by atoms with Crippen LogP contribution in [-0.2, 0) is 23.5 Å². The van der Waals surface area contributed by atoms with Gasteiger partial charge < -0.3 is 24.1 Å². The summed E-state index contributed by atoms with van der Waals surface area (Å²) < 4.78 is 18.4. The summed E-state index contributed by atoms with van der Waals surface area (Å²) in [6.07, 6.45) is 10.7. The van der Waals surface area contributed by atoms with Gasteiger partial charge in [-0.1, -0.05) is 133 Å². The fraction of sp³-hybridized carbons (Fsp3) is 0.622. The molecule has 0 saturated heterocycles. The van der Waals surface area contributed by atoms with Gasteiger partial charge in [0.25, 0.3) is 8.32 Å². The van der Waals surface area contributed by atoms with E-state index in [2.05, 4.69) is 45.0 Å². The first-order valence-electron chi connectivity index (χ1n) is 17.1. The zero-order valence-electron chi connectivity index (χ0n) is 28.0. The van der Waals surface area contributed by atoms with E-state index in [1.54, 1.807) is 0 Å². The Morgan fingerprint density at radius 2 is 1.07 bits per heavy atom. The first-order chi connectivity index (χ1) is 21.8. The Bertz CT molecular complexity index is 1020. The van der Waals surface area contributed by atoms with Crippen LogP contribution in [0.4, 0.5) is 0 Å². The number of ether oxygens (including phenoxy) is 2. The number of aliphatic hydroxyl groups is 2. The van der Waals surface area contributed by atoms with Crippen LogP contribution in [0, 0.1) is 0 Å². The lowest BCUT2D eigenvalue weighted by atomic mass is 10.1. The Balaban J connectivity index is 2.16. The van der Waals surface area contributed by atoms with Crippen molar-refractivity contribution >= 4 is 30.6 Å². The molecule has 252 valence electrons. The van der Waals surface area contributed by atoms with E-state index < -0.39 is 20.4 Å². The monoisotopic (exact) mass is 642 g/mol. The van der Waals surface area contributed by atoms with E-state index in [4.69, 9.17) is 24.1 Å². The Morgan fingerprint density at radius 1 is 0.644 bits per heavy atom. The summed E-state index contributed by atoms with van der Waals surface area (Å²) in [6.45, 7) is 7.62. The second kappa shape index (κ2) is 22.1. The second-order valence-corrected chi connectivity index (χ2v) is 17.1. The van der Waals surface area contributed by atoms with Crippen LogP contribution >= 0.6 is 0 Å². The smallest absolute Gasteiger partial charge is 0.334 e. The summed E-state index contributed by atoms with van der Waals surface area (Å²) in [7, 11) is -3.06. The van der Waals surface area contributed by atoms with Crippen molar-refractivity contribution in [3.63, 3.8) is 0 Å². The second-order valence-electron chi connectivity index (χ2n) is 12.9. The highest BCUT2D eigenvalue weighted by Crippen LogP contribution is 2.38. The first-order valence-corrected chi connectivity index (χ1v) is 19.0. The van der Waals surface area contributed by atoms with Crippen LogP contribution in [0.1, 0.15) is 111 Å².